The van der Waals surface area contributed by atoms with Crippen molar-refractivity contribution in [3.63, 3.8) is 0 Å². The molecule has 0 amide bonds. The SMILES string of the molecule is CCOc1cccc(C(=O)C2CC2)c1F. The summed E-state index contributed by atoms with van der Waals surface area (Å²) >= 11 is 0. The maximum Gasteiger partial charge on any atom is 0.175 e. The van der Waals surface area contributed by atoms with Gasteiger partial charge >= 0.3 is 0 Å². The van der Waals surface area contributed by atoms with Crippen molar-refractivity contribution in [3.8, 4) is 5.75 Å². The molecule has 3 heteroatoms. The predicted molar refractivity (Wildman–Crippen MR) is 54.6 cm³/mol. The van der Waals surface area contributed by atoms with E-state index in [1.807, 2.05) is 0 Å². The molecule has 0 bridgehead atoms. The molecule has 0 aliphatic heterocycles. The highest BCUT2D eigenvalue weighted by atomic mass is 19.1. The molecule has 2 nitrogen and oxygen atoms in total. The van der Waals surface area contributed by atoms with E-state index in [-0.39, 0.29) is 23.0 Å². The molecule has 0 spiro atoms. The highest BCUT2D eigenvalue weighted by Gasteiger charge is 2.32. The molecule has 0 heterocycles. The van der Waals surface area contributed by atoms with Crippen molar-refractivity contribution in [2.24, 2.45) is 5.92 Å². The Labute approximate surface area is 88.1 Å². The van der Waals surface area contributed by atoms with Crippen LogP contribution in [0.2, 0.25) is 0 Å². The van der Waals surface area contributed by atoms with Crippen LogP contribution in [0.4, 0.5) is 4.39 Å². The number of carbonyl (C=O) groups excluding carboxylic acids is 1. The Morgan fingerprint density at radius 3 is 2.87 bits per heavy atom. The molecule has 1 aliphatic rings. The van der Waals surface area contributed by atoms with Gasteiger partial charge in [0.2, 0.25) is 0 Å². The third-order valence-corrected chi connectivity index (χ3v) is 2.48. The summed E-state index contributed by atoms with van der Waals surface area (Å²) in [6.45, 7) is 2.19. The molecule has 15 heavy (non-hydrogen) atoms. The minimum Gasteiger partial charge on any atom is -0.491 e. The van der Waals surface area contributed by atoms with Gasteiger partial charge < -0.3 is 4.74 Å². The average molecular weight is 208 g/mol. The highest BCUT2D eigenvalue weighted by Crippen LogP contribution is 2.34. The predicted octanol–water partition coefficient (Wildman–Crippen LogP) is 2.82. The molecular weight excluding hydrogens is 195 g/mol. The second-order valence-corrected chi connectivity index (χ2v) is 3.69. The van der Waals surface area contributed by atoms with Gasteiger partial charge in [-0.1, -0.05) is 6.07 Å². The van der Waals surface area contributed by atoms with Crippen LogP contribution in [0.5, 0.6) is 5.75 Å². The Morgan fingerprint density at radius 2 is 2.27 bits per heavy atom. The molecule has 0 radical (unpaired) electrons. The lowest BCUT2D eigenvalue weighted by Crippen LogP contribution is -2.06. The third kappa shape index (κ3) is 2.01. The smallest absolute Gasteiger partial charge is 0.175 e. The summed E-state index contributed by atoms with van der Waals surface area (Å²) in [6.07, 6.45) is 1.77. The van der Waals surface area contributed by atoms with Crippen LogP contribution >= 0.6 is 0 Å². The standard InChI is InChI=1S/C12H13FO2/c1-2-15-10-5-3-4-9(11(10)13)12(14)8-6-7-8/h3-5,8H,2,6-7H2,1H3. The van der Waals surface area contributed by atoms with Gasteiger partial charge in [0.15, 0.2) is 17.3 Å². The lowest BCUT2D eigenvalue weighted by Gasteiger charge is -2.07. The molecule has 1 aromatic carbocycles. The van der Waals surface area contributed by atoms with Gasteiger partial charge in [-0.05, 0) is 31.9 Å². The van der Waals surface area contributed by atoms with Crippen molar-refractivity contribution in [3.05, 3.63) is 29.6 Å². The largest absolute Gasteiger partial charge is 0.491 e. The first-order valence-electron chi connectivity index (χ1n) is 5.19. The van der Waals surface area contributed by atoms with Crippen molar-refractivity contribution in [1.82, 2.24) is 0 Å². The van der Waals surface area contributed by atoms with Gasteiger partial charge in [-0.25, -0.2) is 4.39 Å². The van der Waals surface area contributed by atoms with E-state index in [1.54, 1.807) is 19.1 Å². The summed E-state index contributed by atoms with van der Waals surface area (Å²) in [5.41, 5.74) is 0.170. The van der Waals surface area contributed by atoms with Gasteiger partial charge in [0.25, 0.3) is 0 Å². The van der Waals surface area contributed by atoms with Crippen LogP contribution in [0.15, 0.2) is 18.2 Å². The Hall–Kier alpha value is -1.38. The van der Waals surface area contributed by atoms with Crippen LogP contribution in [0.25, 0.3) is 0 Å². The molecule has 0 N–H and O–H groups in total. The topological polar surface area (TPSA) is 26.3 Å². The molecule has 0 saturated heterocycles. The van der Waals surface area contributed by atoms with Gasteiger partial charge in [0.05, 0.1) is 12.2 Å². The number of ketones is 1. The number of Topliss-reactive ketones (excluding diaryl/α,β-unsaturated/α-hetero) is 1. The lowest BCUT2D eigenvalue weighted by molar-refractivity contribution is 0.0962. The lowest BCUT2D eigenvalue weighted by atomic mass is 10.1. The molecule has 0 unspecified atom stereocenters. The van der Waals surface area contributed by atoms with Crippen LogP contribution in [0.1, 0.15) is 30.1 Å². The first-order valence-corrected chi connectivity index (χ1v) is 5.19. The Balaban J connectivity index is 2.30. The highest BCUT2D eigenvalue weighted by molar-refractivity contribution is 5.99. The van der Waals surface area contributed by atoms with Crippen molar-refractivity contribution < 1.29 is 13.9 Å². The second kappa shape index (κ2) is 4.01. The van der Waals surface area contributed by atoms with Crippen molar-refractivity contribution in [2.75, 3.05) is 6.61 Å². The molecule has 80 valence electrons. The van der Waals surface area contributed by atoms with Crippen LogP contribution in [0.3, 0.4) is 0 Å². The zero-order valence-electron chi connectivity index (χ0n) is 8.63. The summed E-state index contributed by atoms with van der Waals surface area (Å²) in [5, 5.41) is 0. The first-order chi connectivity index (χ1) is 7.24. The van der Waals surface area contributed by atoms with Crippen molar-refractivity contribution in [2.45, 2.75) is 19.8 Å². The fourth-order valence-corrected chi connectivity index (χ4v) is 1.53. The summed E-state index contributed by atoms with van der Waals surface area (Å²) in [6, 6.07) is 4.73. The fraction of sp³-hybridized carbons (Fsp3) is 0.417. The number of benzene rings is 1. The van der Waals surface area contributed by atoms with Crippen molar-refractivity contribution in [1.29, 1.82) is 0 Å². The minimum atomic E-state index is -0.517. The Morgan fingerprint density at radius 1 is 1.53 bits per heavy atom. The van der Waals surface area contributed by atoms with E-state index in [0.717, 1.165) is 12.8 Å². The molecule has 1 aliphatic carbocycles. The summed E-state index contributed by atoms with van der Waals surface area (Å²) in [5.74, 6) is -0.398. The number of hydrogen-bond donors (Lipinski definition) is 0. The summed E-state index contributed by atoms with van der Waals surface area (Å²) in [4.78, 5) is 11.7. The summed E-state index contributed by atoms with van der Waals surface area (Å²) in [7, 11) is 0. The van der Waals surface area contributed by atoms with E-state index in [1.165, 1.54) is 6.07 Å². The molecule has 0 aromatic heterocycles. The van der Waals surface area contributed by atoms with E-state index in [4.69, 9.17) is 4.74 Å². The number of hydrogen-bond acceptors (Lipinski definition) is 2. The van der Waals surface area contributed by atoms with E-state index in [9.17, 15) is 9.18 Å². The van der Waals surface area contributed by atoms with Gasteiger partial charge in [-0.2, -0.15) is 0 Å². The van der Waals surface area contributed by atoms with Crippen LogP contribution in [0, 0.1) is 11.7 Å². The van der Waals surface area contributed by atoms with E-state index >= 15 is 0 Å². The molecule has 0 atom stereocenters. The Bertz CT molecular complexity index is 383. The molecular formula is C12H13FO2. The number of carbonyl (C=O) groups is 1. The number of rotatable bonds is 4. The fourth-order valence-electron chi connectivity index (χ4n) is 1.53. The number of halogens is 1. The monoisotopic (exact) mass is 208 g/mol. The Kier molecular flexibility index (Phi) is 2.71. The zero-order chi connectivity index (χ0) is 10.8. The van der Waals surface area contributed by atoms with Gasteiger partial charge in [-0.3, -0.25) is 4.79 Å². The van der Waals surface area contributed by atoms with Gasteiger partial charge in [0, 0.05) is 5.92 Å². The molecule has 1 fully saturated rings. The van der Waals surface area contributed by atoms with E-state index in [2.05, 4.69) is 0 Å². The average Bonchev–Trinajstić information content (AvgIpc) is 3.04. The normalized spacial score (nSPS) is 15.1. The quantitative estimate of drug-likeness (QED) is 0.711. The molecule has 1 aromatic rings. The van der Waals surface area contributed by atoms with Crippen LogP contribution in [-0.4, -0.2) is 12.4 Å². The second-order valence-electron chi connectivity index (χ2n) is 3.69. The first kappa shape index (κ1) is 10.1. The third-order valence-electron chi connectivity index (χ3n) is 2.48. The van der Waals surface area contributed by atoms with Gasteiger partial charge in [0.1, 0.15) is 0 Å². The van der Waals surface area contributed by atoms with E-state index < -0.39 is 5.82 Å². The van der Waals surface area contributed by atoms with Gasteiger partial charge in [-0.15, -0.1) is 0 Å². The molecule has 2 rings (SSSR count). The van der Waals surface area contributed by atoms with Crippen LogP contribution < -0.4 is 4.74 Å². The zero-order valence-corrected chi connectivity index (χ0v) is 8.63. The number of ether oxygens (including phenoxy) is 1. The van der Waals surface area contributed by atoms with Crippen LogP contribution in [-0.2, 0) is 0 Å². The van der Waals surface area contributed by atoms with E-state index in [0.29, 0.717) is 6.61 Å². The maximum atomic E-state index is 13.8. The summed E-state index contributed by atoms with van der Waals surface area (Å²) < 4.78 is 18.9. The minimum absolute atomic E-state index is 0.0383. The van der Waals surface area contributed by atoms with Crippen molar-refractivity contribution >= 4 is 5.78 Å². The maximum absolute atomic E-state index is 13.8. The molecule has 1 saturated carbocycles.